The third-order valence-corrected chi connectivity index (χ3v) is 4.38. The van der Waals surface area contributed by atoms with Gasteiger partial charge >= 0.3 is 0 Å². The first kappa shape index (κ1) is 15.4. The minimum Gasteiger partial charge on any atom is -0.494 e. The molecule has 0 radical (unpaired) electrons. The number of amides is 1. The predicted molar refractivity (Wildman–Crippen MR) is 82.2 cm³/mol. The molecule has 1 saturated heterocycles. The van der Waals surface area contributed by atoms with Crippen molar-refractivity contribution in [2.45, 2.75) is 12.8 Å². The highest BCUT2D eigenvalue weighted by atomic mass is 32.2. The first-order valence-electron chi connectivity index (χ1n) is 6.56. The van der Waals surface area contributed by atoms with Crippen LogP contribution in [0.4, 0.5) is 11.4 Å². The molecule has 1 aromatic rings. The Labute approximate surface area is 124 Å². The van der Waals surface area contributed by atoms with Crippen molar-refractivity contribution in [1.29, 1.82) is 0 Å². The first-order chi connectivity index (χ1) is 9.96. The van der Waals surface area contributed by atoms with E-state index in [1.165, 1.54) is 13.2 Å². The van der Waals surface area contributed by atoms with Crippen LogP contribution in [0.3, 0.4) is 0 Å². The van der Waals surface area contributed by atoms with E-state index in [-0.39, 0.29) is 11.7 Å². The predicted octanol–water partition coefficient (Wildman–Crippen LogP) is 1.75. The smallest absolute Gasteiger partial charge is 0.236 e. The summed E-state index contributed by atoms with van der Waals surface area (Å²) in [5.74, 6) is 0.346. The van der Waals surface area contributed by atoms with E-state index < -0.39 is 10.0 Å². The highest BCUT2D eigenvalue weighted by Gasteiger charge is 2.24. The Hall–Kier alpha value is -2.02. The Morgan fingerprint density at radius 3 is 2.81 bits per heavy atom. The molecule has 0 unspecified atom stereocenters. The van der Waals surface area contributed by atoms with E-state index in [1.54, 1.807) is 23.1 Å². The summed E-state index contributed by atoms with van der Waals surface area (Å²) in [6.45, 7) is 4.06. The van der Waals surface area contributed by atoms with Gasteiger partial charge in [-0.05, 0) is 18.6 Å². The lowest BCUT2D eigenvalue weighted by Crippen LogP contribution is -2.24. The van der Waals surface area contributed by atoms with Crippen molar-refractivity contribution in [3.05, 3.63) is 30.9 Å². The van der Waals surface area contributed by atoms with E-state index in [0.29, 0.717) is 30.1 Å². The third-order valence-electron chi connectivity index (χ3n) is 3.15. The lowest BCUT2D eigenvalue weighted by Gasteiger charge is -2.19. The zero-order valence-electron chi connectivity index (χ0n) is 11.8. The van der Waals surface area contributed by atoms with Gasteiger partial charge < -0.3 is 9.64 Å². The summed E-state index contributed by atoms with van der Waals surface area (Å²) < 4.78 is 31.1. The molecule has 6 nitrogen and oxygen atoms in total. The van der Waals surface area contributed by atoms with Crippen LogP contribution in [-0.2, 0) is 14.8 Å². The molecule has 0 bridgehead atoms. The van der Waals surface area contributed by atoms with Crippen molar-refractivity contribution in [3.8, 4) is 5.75 Å². The zero-order valence-corrected chi connectivity index (χ0v) is 12.6. The minimum atomic E-state index is -3.46. The second-order valence-corrected chi connectivity index (χ2v) is 6.47. The van der Waals surface area contributed by atoms with Crippen molar-refractivity contribution < 1.29 is 17.9 Å². The molecule has 0 atom stereocenters. The van der Waals surface area contributed by atoms with Crippen molar-refractivity contribution in [2.24, 2.45) is 0 Å². The fourth-order valence-electron chi connectivity index (χ4n) is 2.24. The summed E-state index contributed by atoms with van der Waals surface area (Å²) >= 11 is 0. The van der Waals surface area contributed by atoms with Crippen molar-refractivity contribution in [1.82, 2.24) is 0 Å². The second-order valence-electron chi connectivity index (χ2n) is 4.71. The van der Waals surface area contributed by atoms with Crippen LogP contribution >= 0.6 is 0 Å². The van der Waals surface area contributed by atoms with Gasteiger partial charge in [0, 0.05) is 19.0 Å². The van der Waals surface area contributed by atoms with Crippen LogP contribution in [0.1, 0.15) is 12.8 Å². The van der Waals surface area contributed by atoms with Crippen LogP contribution in [0.25, 0.3) is 0 Å². The lowest BCUT2D eigenvalue weighted by molar-refractivity contribution is -0.117. The standard InChI is InChI=1S/C14H18N2O4S/c1-3-9-21(18,19)15-11-6-7-12(13(10-11)20-2)16-8-4-5-14(16)17/h3,6-7,10,15H,1,4-5,8-9H2,2H3. The Kier molecular flexibility index (Phi) is 4.52. The highest BCUT2D eigenvalue weighted by Crippen LogP contribution is 2.34. The maximum Gasteiger partial charge on any atom is 0.236 e. The molecule has 0 aromatic heterocycles. The Bertz CT molecular complexity index is 655. The number of benzene rings is 1. The van der Waals surface area contributed by atoms with Gasteiger partial charge in [0.2, 0.25) is 15.9 Å². The first-order valence-corrected chi connectivity index (χ1v) is 8.22. The molecule has 114 valence electrons. The Morgan fingerprint density at radius 1 is 1.48 bits per heavy atom. The van der Waals surface area contributed by atoms with Crippen LogP contribution in [0.15, 0.2) is 30.9 Å². The Balaban J connectivity index is 2.28. The second kappa shape index (κ2) is 6.17. The van der Waals surface area contributed by atoms with Crippen molar-refractivity contribution >= 4 is 27.3 Å². The molecule has 1 amide bonds. The van der Waals surface area contributed by atoms with E-state index in [9.17, 15) is 13.2 Å². The van der Waals surface area contributed by atoms with Gasteiger partial charge in [0.15, 0.2) is 0 Å². The van der Waals surface area contributed by atoms with Gasteiger partial charge in [-0.2, -0.15) is 0 Å². The summed E-state index contributed by atoms with van der Waals surface area (Å²) in [6.07, 6.45) is 2.66. The molecular weight excluding hydrogens is 292 g/mol. The molecular formula is C14H18N2O4S. The molecule has 1 N–H and O–H groups in total. The summed E-state index contributed by atoms with van der Waals surface area (Å²) in [5, 5.41) is 0. The van der Waals surface area contributed by atoms with Gasteiger partial charge in [0.05, 0.1) is 24.2 Å². The van der Waals surface area contributed by atoms with E-state index in [2.05, 4.69) is 11.3 Å². The van der Waals surface area contributed by atoms with Gasteiger partial charge in [-0.25, -0.2) is 8.42 Å². The largest absolute Gasteiger partial charge is 0.494 e. The molecule has 1 aliphatic heterocycles. The van der Waals surface area contributed by atoms with Crippen molar-refractivity contribution in [2.75, 3.05) is 29.0 Å². The quantitative estimate of drug-likeness (QED) is 0.812. The molecule has 1 fully saturated rings. The molecule has 0 spiro atoms. The van der Waals surface area contributed by atoms with E-state index in [4.69, 9.17) is 4.74 Å². The van der Waals surface area contributed by atoms with Gasteiger partial charge in [-0.1, -0.05) is 6.08 Å². The number of hydrogen-bond acceptors (Lipinski definition) is 4. The van der Waals surface area contributed by atoms with Gasteiger partial charge in [-0.15, -0.1) is 6.58 Å². The van der Waals surface area contributed by atoms with Gasteiger partial charge in [-0.3, -0.25) is 9.52 Å². The lowest BCUT2D eigenvalue weighted by atomic mass is 10.2. The summed E-state index contributed by atoms with van der Waals surface area (Å²) in [7, 11) is -1.97. The summed E-state index contributed by atoms with van der Waals surface area (Å²) in [4.78, 5) is 13.4. The fraction of sp³-hybridized carbons (Fsp3) is 0.357. The van der Waals surface area contributed by atoms with Gasteiger partial charge in [0.25, 0.3) is 0 Å². The number of sulfonamides is 1. The average Bonchev–Trinajstić information content (AvgIpc) is 2.84. The summed E-state index contributed by atoms with van der Waals surface area (Å²) in [6, 6.07) is 4.87. The molecule has 21 heavy (non-hydrogen) atoms. The van der Waals surface area contributed by atoms with E-state index in [1.807, 2.05) is 0 Å². The van der Waals surface area contributed by atoms with Crippen LogP contribution in [0, 0.1) is 0 Å². The maximum atomic E-state index is 11.8. The SMILES string of the molecule is C=CCS(=O)(=O)Nc1ccc(N2CCCC2=O)c(OC)c1. The number of carbonyl (C=O) groups excluding carboxylic acids is 1. The van der Waals surface area contributed by atoms with Crippen LogP contribution in [-0.4, -0.2) is 33.7 Å². The highest BCUT2D eigenvalue weighted by molar-refractivity contribution is 7.92. The minimum absolute atomic E-state index is 0.0493. The Morgan fingerprint density at radius 2 is 2.24 bits per heavy atom. The average molecular weight is 310 g/mol. The topological polar surface area (TPSA) is 75.7 Å². The van der Waals surface area contributed by atoms with E-state index >= 15 is 0 Å². The van der Waals surface area contributed by atoms with E-state index in [0.717, 1.165) is 6.42 Å². The molecule has 1 aliphatic rings. The number of rotatable bonds is 6. The zero-order chi connectivity index (χ0) is 15.5. The number of ether oxygens (including phenoxy) is 1. The van der Waals surface area contributed by atoms with Crippen LogP contribution in [0.2, 0.25) is 0 Å². The molecule has 2 rings (SSSR count). The van der Waals surface area contributed by atoms with Crippen LogP contribution in [0.5, 0.6) is 5.75 Å². The molecule has 0 saturated carbocycles. The van der Waals surface area contributed by atoms with Gasteiger partial charge in [0.1, 0.15) is 5.75 Å². The molecule has 0 aliphatic carbocycles. The number of anilines is 2. The normalized spacial score (nSPS) is 15.1. The number of carbonyl (C=O) groups is 1. The monoisotopic (exact) mass is 310 g/mol. The summed E-state index contributed by atoms with van der Waals surface area (Å²) in [5.41, 5.74) is 1.05. The molecule has 1 aromatic carbocycles. The maximum absolute atomic E-state index is 11.8. The number of methoxy groups -OCH3 is 1. The number of nitrogens with zero attached hydrogens (tertiary/aromatic N) is 1. The van der Waals surface area contributed by atoms with Crippen molar-refractivity contribution in [3.63, 3.8) is 0 Å². The third kappa shape index (κ3) is 3.55. The number of nitrogens with one attached hydrogen (secondary N) is 1. The molecule has 1 heterocycles. The van der Waals surface area contributed by atoms with Crippen LogP contribution < -0.4 is 14.4 Å². The number of hydrogen-bond donors (Lipinski definition) is 1. The fourth-order valence-corrected chi connectivity index (χ4v) is 3.12. The molecule has 7 heteroatoms.